The van der Waals surface area contributed by atoms with Crippen LogP contribution in [0.2, 0.25) is 0 Å². The van der Waals surface area contributed by atoms with Crippen LogP contribution < -0.4 is 5.32 Å². The van der Waals surface area contributed by atoms with Gasteiger partial charge in [-0.2, -0.15) is 0 Å². The highest BCUT2D eigenvalue weighted by Crippen LogP contribution is 2.29. The van der Waals surface area contributed by atoms with Crippen molar-refractivity contribution < 1.29 is 14.5 Å². The van der Waals surface area contributed by atoms with Gasteiger partial charge >= 0.3 is 6.09 Å². The summed E-state index contributed by atoms with van der Waals surface area (Å²) in [6.45, 7) is 2.86. The molecular weight excluding hydrogens is 298 g/mol. The summed E-state index contributed by atoms with van der Waals surface area (Å²) in [6.07, 6.45) is 2.91. The van der Waals surface area contributed by atoms with Gasteiger partial charge in [0.15, 0.2) is 0 Å². The average Bonchev–Trinajstić information content (AvgIpc) is 3.26. The van der Waals surface area contributed by atoms with Crippen molar-refractivity contribution in [3.05, 3.63) is 39.9 Å². The third-order valence-corrected chi connectivity index (χ3v) is 4.35. The summed E-state index contributed by atoms with van der Waals surface area (Å²) >= 11 is 0. The zero-order valence-electron chi connectivity index (χ0n) is 12.9. The number of hydrogen-bond acceptors (Lipinski definition) is 5. The van der Waals surface area contributed by atoms with Crippen LogP contribution in [0.15, 0.2) is 24.3 Å². The first kappa shape index (κ1) is 15.7. The molecule has 0 aromatic heterocycles. The molecule has 23 heavy (non-hydrogen) atoms. The number of amides is 1. The molecule has 1 heterocycles. The molecule has 1 aliphatic carbocycles. The number of nitrogens with one attached hydrogen (secondary N) is 1. The molecule has 1 saturated carbocycles. The Morgan fingerprint density at radius 3 is 2.61 bits per heavy atom. The molecule has 1 atom stereocenters. The number of ether oxygens (including phenoxy) is 1. The number of hydrogen-bond donors (Lipinski definition) is 1. The fraction of sp³-hybridized carbons (Fsp3) is 0.562. The van der Waals surface area contributed by atoms with E-state index in [1.165, 1.54) is 12.1 Å². The molecule has 1 aromatic rings. The van der Waals surface area contributed by atoms with Gasteiger partial charge in [-0.15, -0.1) is 0 Å². The largest absolute Gasteiger partial charge is 0.445 e. The van der Waals surface area contributed by atoms with Crippen molar-refractivity contribution in [1.29, 1.82) is 0 Å². The van der Waals surface area contributed by atoms with E-state index in [-0.39, 0.29) is 18.4 Å². The summed E-state index contributed by atoms with van der Waals surface area (Å²) in [5.74, 6) is 0.502. The Bertz CT molecular complexity index is 565. The number of rotatable bonds is 6. The Hall–Kier alpha value is -2.15. The van der Waals surface area contributed by atoms with Crippen LogP contribution in [0.1, 0.15) is 24.8 Å². The lowest BCUT2D eigenvalue weighted by Gasteiger charge is -2.24. The highest BCUT2D eigenvalue weighted by Gasteiger charge is 2.35. The van der Waals surface area contributed by atoms with Gasteiger partial charge in [0.05, 0.1) is 4.92 Å². The Balaban J connectivity index is 1.53. The van der Waals surface area contributed by atoms with E-state index < -0.39 is 4.92 Å². The fourth-order valence-corrected chi connectivity index (χ4v) is 2.85. The van der Waals surface area contributed by atoms with E-state index in [0.717, 1.165) is 44.5 Å². The molecule has 0 bridgehead atoms. The zero-order valence-corrected chi connectivity index (χ0v) is 12.9. The van der Waals surface area contributed by atoms with E-state index in [4.69, 9.17) is 4.74 Å². The van der Waals surface area contributed by atoms with Gasteiger partial charge in [-0.1, -0.05) is 0 Å². The molecule has 3 rings (SSSR count). The van der Waals surface area contributed by atoms with Gasteiger partial charge in [0.1, 0.15) is 6.61 Å². The molecule has 0 unspecified atom stereocenters. The average molecular weight is 319 g/mol. The van der Waals surface area contributed by atoms with E-state index in [1.54, 1.807) is 12.1 Å². The number of non-ortho nitro benzene ring substituents is 1. The van der Waals surface area contributed by atoms with Crippen LogP contribution in [-0.2, 0) is 11.3 Å². The highest BCUT2D eigenvalue weighted by molar-refractivity contribution is 5.68. The lowest BCUT2D eigenvalue weighted by molar-refractivity contribution is -0.384. The molecule has 1 aliphatic heterocycles. The van der Waals surface area contributed by atoms with Crippen LogP contribution in [0.25, 0.3) is 0 Å². The number of nitro benzene ring substituents is 1. The molecule has 1 saturated heterocycles. The van der Waals surface area contributed by atoms with Crippen molar-refractivity contribution in [3.63, 3.8) is 0 Å². The van der Waals surface area contributed by atoms with Crippen LogP contribution in [0, 0.1) is 16.0 Å². The van der Waals surface area contributed by atoms with Gasteiger partial charge in [0, 0.05) is 24.7 Å². The summed E-state index contributed by atoms with van der Waals surface area (Å²) in [6, 6.07) is 6.40. The Labute approximate surface area is 134 Å². The molecule has 0 spiro atoms. The van der Waals surface area contributed by atoms with Gasteiger partial charge < -0.3 is 15.0 Å². The van der Waals surface area contributed by atoms with E-state index in [9.17, 15) is 14.9 Å². The van der Waals surface area contributed by atoms with Crippen molar-refractivity contribution in [2.24, 2.45) is 5.92 Å². The number of benzene rings is 1. The third kappa shape index (κ3) is 4.19. The smallest absolute Gasteiger partial charge is 0.410 e. The third-order valence-electron chi connectivity index (χ3n) is 4.35. The van der Waals surface area contributed by atoms with Crippen LogP contribution >= 0.6 is 0 Å². The van der Waals surface area contributed by atoms with Gasteiger partial charge in [-0.05, 0) is 56.0 Å². The second-order valence-electron chi connectivity index (χ2n) is 6.22. The lowest BCUT2D eigenvalue weighted by atomic mass is 10.1. The Kier molecular flexibility index (Phi) is 4.76. The predicted molar refractivity (Wildman–Crippen MR) is 84.0 cm³/mol. The Morgan fingerprint density at radius 1 is 1.30 bits per heavy atom. The first-order chi connectivity index (χ1) is 11.1. The van der Waals surface area contributed by atoms with Crippen LogP contribution in [0.5, 0.6) is 0 Å². The van der Waals surface area contributed by atoms with E-state index >= 15 is 0 Å². The SMILES string of the molecule is O=C(OCc1ccc([N+](=O)[O-])cc1)N(C[C@H]1CCNC1)C1CC1. The first-order valence-corrected chi connectivity index (χ1v) is 8.01. The number of carbonyl (C=O) groups excluding carboxylic acids is 1. The van der Waals surface area contributed by atoms with Crippen molar-refractivity contribution >= 4 is 11.8 Å². The van der Waals surface area contributed by atoms with Crippen LogP contribution in [0.4, 0.5) is 10.5 Å². The lowest BCUT2D eigenvalue weighted by Crippen LogP contribution is -2.38. The summed E-state index contributed by atoms with van der Waals surface area (Å²) in [5.41, 5.74) is 0.788. The second kappa shape index (κ2) is 6.95. The normalized spacial score (nSPS) is 20.3. The summed E-state index contributed by atoms with van der Waals surface area (Å²) < 4.78 is 5.40. The van der Waals surface area contributed by atoms with Gasteiger partial charge in [-0.25, -0.2) is 4.79 Å². The molecule has 7 heteroatoms. The molecule has 7 nitrogen and oxygen atoms in total. The molecule has 1 N–H and O–H groups in total. The van der Waals surface area contributed by atoms with E-state index in [1.807, 2.05) is 4.90 Å². The molecular formula is C16H21N3O4. The summed E-state index contributed by atoms with van der Waals surface area (Å²) in [4.78, 5) is 24.4. The van der Waals surface area contributed by atoms with Crippen molar-refractivity contribution in [2.45, 2.75) is 31.9 Å². The summed E-state index contributed by atoms with van der Waals surface area (Å²) in [5, 5.41) is 13.9. The maximum Gasteiger partial charge on any atom is 0.410 e. The summed E-state index contributed by atoms with van der Waals surface area (Å²) in [7, 11) is 0. The minimum atomic E-state index is -0.444. The molecule has 0 radical (unpaired) electrons. The van der Waals surface area contributed by atoms with Gasteiger partial charge in [0.2, 0.25) is 0 Å². The number of nitro groups is 1. The van der Waals surface area contributed by atoms with Crippen LogP contribution in [0.3, 0.4) is 0 Å². The van der Waals surface area contributed by atoms with E-state index in [2.05, 4.69) is 5.32 Å². The second-order valence-corrected chi connectivity index (χ2v) is 6.22. The Morgan fingerprint density at radius 2 is 2.04 bits per heavy atom. The van der Waals surface area contributed by atoms with Gasteiger partial charge in [-0.3, -0.25) is 10.1 Å². The minimum absolute atomic E-state index is 0.0356. The quantitative estimate of drug-likeness (QED) is 0.642. The molecule has 1 amide bonds. The number of nitrogens with zero attached hydrogens (tertiary/aromatic N) is 2. The molecule has 1 aromatic carbocycles. The monoisotopic (exact) mass is 319 g/mol. The standard InChI is InChI=1S/C16H21N3O4/c20-16(18(14-5-6-14)10-13-7-8-17-9-13)23-11-12-1-3-15(4-2-12)19(21)22/h1-4,13-14,17H,5-11H2/t13-/m0/s1. The van der Waals surface area contributed by atoms with Gasteiger partial charge in [0.25, 0.3) is 5.69 Å². The van der Waals surface area contributed by atoms with Crippen LogP contribution in [-0.4, -0.2) is 41.6 Å². The predicted octanol–water partition coefficient (Wildman–Crippen LogP) is 2.31. The molecule has 2 aliphatic rings. The maximum absolute atomic E-state index is 12.3. The zero-order chi connectivity index (χ0) is 16.2. The van der Waals surface area contributed by atoms with Crippen molar-refractivity contribution in [3.8, 4) is 0 Å². The first-order valence-electron chi connectivity index (χ1n) is 8.01. The number of carbonyl (C=O) groups is 1. The van der Waals surface area contributed by atoms with Crippen molar-refractivity contribution in [2.75, 3.05) is 19.6 Å². The maximum atomic E-state index is 12.3. The molecule has 124 valence electrons. The molecule has 2 fully saturated rings. The highest BCUT2D eigenvalue weighted by atomic mass is 16.6. The fourth-order valence-electron chi connectivity index (χ4n) is 2.85. The van der Waals surface area contributed by atoms with Crippen molar-refractivity contribution in [1.82, 2.24) is 10.2 Å². The van der Waals surface area contributed by atoms with E-state index in [0.29, 0.717) is 12.0 Å². The topological polar surface area (TPSA) is 84.7 Å². The minimum Gasteiger partial charge on any atom is -0.445 e.